The molecule has 0 saturated carbocycles. The smallest absolute Gasteiger partial charge is 0.308 e. The molecular formula is C54H109NO5Si. The second-order valence-electron chi connectivity index (χ2n) is 20.5. The van der Waals surface area contributed by atoms with Crippen molar-refractivity contribution in [2.75, 3.05) is 39.5 Å². The summed E-state index contributed by atoms with van der Waals surface area (Å²) < 4.78 is 18.3. The summed E-state index contributed by atoms with van der Waals surface area (Å²) in [5.74, 6) is 0.321. The van der Waals surface area contributed by atoms with Gasteiger partial charge in [-0.2, -0.15) is 0 Å². The van der Waals surface area contributed by atoms with Gasteiger partial charge in [0.25, 0.3) is 0 Å². The number of hydrogen-bond donors (Lipinski definition) is 0. The summed E-state index contributed by atoms with van der Waals surface area (Å²) in [5, 5.41) is 0.253. The molecule has 0 aromatic rings. The van der Waals surface area contributed by atoms with E-state index >= 15 is 0 Å². The highest BCUT2D eigenvalue weighted by atomic mass is 28.4. The summed E-state index contributed by atoms with van der Waals surface area (Å²) in [7, 11) is -1.70. The Hall–Kier alpha value is -0.923. The molecule has 0 aliphatic heterocycles. The molecule has 6 nitrogen and oxygen atoms in total. The van der Waals surface area contributed by atoms with Gasteiger partial charge in [0, 0.05) is 6.61 Å². The topological polar surface area (TPSA) is 65.1 Å². The summed E-state index contributed by atoms with van der Waals surface area (Å²) in [6.45, 7) is 26.1. The van der Waals surface area contributed by atoms with Gasteiger partial charge in [0.2, 0.25) is 0 Å². The molecule has 7 heteroatoms. The van der Waals surface area contributed by atoms with E-state index in [1.165, 1.54) is 135 Å². The van der Waals surface area contributed by atoms with Crippen LogP contribution in [0.4, 0.5) is 0 Å². The Labute approximate surface area is 383 Å². The van der Waals surface area contributed by atoms with Crippen molar-refractivity contribution in [1.82, 2.24) is 4.90 Å². The molecule has 0 aromatic carbocycles. The highest BCUT2D eigenvalue weighted by Crippen LogP contribution is 2.36. The van der Waals surface area contributed by atoms with E-state index in [4.69, 9.17) is 13.9 Å². The minimum absolute atomic E-state index is 0.0671. The molecule has 0 aliphatic carbocycles. The van der Waals surface area contributed by atoms with Gasteiger partial charge >= 0.3 is 11.9 Å². The Morgan fingerprint density at radius 2 is 0.689 bits per heavy atom. The molecule has 0 saturated heterocycles. The van der Waals surface area contributed by atoms with E-state index < -0.39 is 8.32 Å². The van der Waals surface area contributed by atoms with Crippen molar-refractivity contribution in [2.24, 2.45) is 11.8 Å². The van der Waals surface area contributed by atoms with Crippen molar-refractivity contribution >= 4 is 20.3 Å². The first-order chi connectivity index (χ1) is 29.4. The molecule has 364 valence electrons. The number of rotatable bonds is 46. The SMILES string of the molecule is CCCCCCCCC(CCCCCC)C(=O)OCCCCCCN(CCCCCCOC(=O)[C@H](CCCCCC)CCCCCCCC)CCCCO[Si](C)(C)C(C)(C)C. The van der Waals surface area contributed by atoms with E-state index in [1.54, 1.807) is 0 Å². The average Bonchev–Trinajstić information content (AvgIpc) is 3.22. The van der Waals surface area contributed by atoms with Gasteiger partial charge < -0.3 is 18.8 Å². The average molecular weight is 881 g/mol. The van der Waals surface area contributed by atoms with Crippen LogP contribution in [0.15, 0.2) is 0 Å². The van der Waals surface area contributed by atoms with Crippen molar-refractivity contribution in [3.63, 3.8) is 0 Å². The van der Waals surface area contributed by atoms with Crippen LogP contribution in [0.5, 0.6) is 0 Å². The highest BCUT2D eigenvalue weighted by Gasteiger charge is 2.36. The second kappa shape index (κ2) is 41.8. The van der Waals surface area contributed by atoms with E-state index in [1.807, 2.05) is 0 Å². The molecule has 0 aromatic heterocycles. The van der Waals surface area contributed by atoms with Crippen molar-refractivity contribution in [2.45, 2.75) is 285 Å². The van der Waals surface area contributed by atoms with Crippen LogP contribution < -0.4 is 0 Å². The molecule has 0 fully saturated rings. The highest BCUT2D eigenvalue weighted by molar-refractivity contribution is 6.74. The van der Waals surface area contributed by atoms with Crippen LogP contribution in [0.1, 0.15) is 267 Å². The Morgan fingerprint density at radius 3 is 1.05 bits per heavy atom. The van der Waals surface area contributed by atoms with Crippen molar-refractivity contribution in [3.8, 4) is 0 Å². The zero-order valence-corrected chi connectivity index (χ0v) is 43.9. The summed E-state index contributed by atoms with van der Waals surface area (Å²) in [5.41, 5.74) is 0. The van der Waals surface area contributed by atoms with Crippen LogP contribution in [-0.2, 0) is 23.5 Å². The minimum Gasteiger partial charge on any atom is -0.465 e. The molecule has 0 radical (unpaired) electrons. The Morgan fingerprint density at radius 1 is 0.410 bits per heavy atom. The van der Waals surface area contributed by atoms with Crippen LogP contribution in [0.3, 0.4) is 0 Å². The van der Waals surface area contributed by atoms with Crippen molar-refractivity contribution < 1.29 is 23.5 Å². The lowest BCUT2D eigenvalue weighted by molar-refractivity contribution is -0.150. The minimum atomic E-state index is -1.70. The van der Waals surface area contributed by atoms with Crippen molar-refractivity contribution in [3.05, 3.63) is 0 Å². The number of ether oxygens (including phenoxy) is 2. The first-order valence-electron chi connectivity index (χ1n) is 27.1. The van der Waals surface area contributed by atoms with E-state index in [0.29, 0.717) is 13.2 Å². The number of hydrogen-bond acceptors (Lipinski definition) is 6. The third-order valence-corrected chi connectivity index (χ3v) is 18.2. The van der Waals surface area contributed by atoms with E-state index in [2.05, 4.69) is 66.5 Å². The maximum Gasteiger partial charge on any atom is 0.308 e. The fourth-order valence-corrected chi connectivity index (χ4v) is 9.30. The van der Waals surface area contributed by atoms with Gasteiger partial charge in [0.1, 0.15) is 0 Å². The number of unbranched alkanes of at least 4 members (excludes halogenated alkanes) is 23. The zero-order valence-electron chi connectivity index (χ0n) is 42.9. The van der Waals surface area contributed by atoms with E-state index in [9.17, 15) is 9.59 Å². The lowest BCUT2D eigenvalue weighted by atomic mass is 9.94. The molecule has 0 aliphatic rings. The van der Waals surface area contributed by atoms with E-state index in [-0.39, 0.29) is 28.8 Å². The van der Waals surface area contributed by atoms with Gasteiger partial charge in [-0.05, 0) is 102 Å². The van der Waals surface area contributed by atoms with Crippen LogP contribution in [0.25, 0.3) is 0 Å². The molecule has 0 bridgehead atoms. The van der Waals surface area contributed by atoms with Crippen LogP contribution >= 0.6 is 0 Å². The predicted octanol–water partition coefficient (Wildman–Crippen LogP) is 17.0. The maximum atomic E-state index is 13.1. The standard InChI is InChI=1S/C54H109NO5Si/c1-10-14-18-22-24-32-42-50(40-30-20-16-12-3)52(56)58-47-37-28-26-34-44-55(46-36-39-49-60-61(8,9)54(5,6)7)45-35-27-29-38-48-59-53(57)51(41-31-21-17-13-4)43-33-25-23-19-15-11-2/h50-51H,10-49H2,1-9H3/t50-,51?/m1/s1. The first-order valence-corrected chi connectivity index (χ1v) is 30.0. The molecule has 0 amide bonds. The molecular weight excluding hydrogens is 771 g/mol. The Balaban J connectivity index is 4.78. The predicted molar refractivity (Wildman–Crippen MR) is 268 cm³/mol. The molecule has 1 unspecified atom stereocenters. The van der Waals surface area contributed by atoms with E-state index in [0.717, 1.165) is 110 Å². The maximum absolute atomic E-state index is 13.1. The van der Waals surface area contributed by atoms with Crippen molar-refractivity contribution in [1.29, 1.82) is 0 Å². The van der Waals surface area contributed by atoms with Gasteiger partial charge in [0.15, 0.2) is 8.32 Å². The van der Waals surface area contributed by atoms with Gasteiger partial charge in [-0.25, -0.2) is 0 Å². The first kappa shape index (κ1) is 60.1. The summed E-state index contributed by atoms with van der Waals surface area (Å²) in [6.07, 6.45) is 40.3. The second-order valence-corrected chi connectivity index (χ2v) is 25.3. The number of carbonyl (C=O) groups is 2. The van der Waals surface area contributed by atoms with Crippen LogP contribution in [-0.4, -0.2) is 64.6 Å². The lowest BCUT2D eigenvalue weighted by Gasteiger charge is -2.36. The fourth-order valence-electron chi connectivity index (χ4n) is 8.22. The normalized spacial score (nSPS) is 13.2. The van der Waals surface area contributed by atoms with Crippen LogP contribution in [0.2, 0.25) is 18.1 Å². The number of carbonyl (C=O) groups excluding carboxylic acids is 2. The zero-order chi connectivity index (χ0) is 45.3. The molecule has 2 atom stereocenters. The van der Waals surface area contributed by atoms with Gasteiger partial charge in [0.05, 0.1) is 25.0 Å². The fraction of sp³-hybridized carbons (Fsp3) is 0.963. The lowest BCUT2D eigenvalue weighted by Crippen LogP contribution is -2.41. The molecule has 0 heterocycles. The molecule has 61 heavy (non-hydrogen) atoms. The van der Waals surface area contributed by atoms with Gasteiger partial charge in [-0.15, -0.1) is 0 Å². The third kappa shape index (κ3) is 36.0. The molecule has 0 spiro atoms. The monoisotopic (exact) mass is 880 g/mol. The summed E-state index contributed by atoms with van der Waals surface area (Å²) >= 11 is 0. The van der Waals surface area contributed by atoms with Crippen LogP contribution in [0, 0.1) is 11.8 Å². The van der Waals surface area contributed by atoms with Gasteiger partial charge in [-0.1, -0.05) is 203 Å². The molecule has 0 rings (SSSR count). The largest absolute Gasteiger partial charge is 0.465 e. The number of esters is 2. The Bertz CT molecular complexity index is 910. The quantitative estimate of drug-likeness (QED) is 0.0345. The third-order valence-electron chi connectivity index (χ3n) is 13.7. The summed E-state index contributed by atoms with van der Waals surface area (Å²) in [6, 6.07) is 0. The molecule has 0 N–H and O–H groups in total. The summed E-state index contributed by atoms with van der Waals surface area (Å²) in [4.78, 5) is 28.9. The number of nitrogens with zero attached hydrogens (tertiary/aromatic N) is 1. The Kier molecular flexibility index (Phi) is 41.1. The van der Waals surface area contributed by atoms with Gasteiger partial charge in [-0.3, -0.25) is 9.59 Å².